The fourth-order valence-corrected chi connectivity index (χ4v) is 2.74. The normalized spacial score (nSPS) is 14.5. The number of carbonyl (C=O) groups is 1. The summed E-state index contributed by atoms with van der Waals surface area (Å²) in [6.45, 7) is 1.47. The zero-order chi connectivity index (χ0) is 17.1. The number of hydrogen-bond donors (Lipinski definition) is 1. The molecule has 0 bridgehead atoms. The van der Waals surface area contributed by atoms with E-state index in [1.165, 1.54) is 12.1 Å². The van der Waals surface area contributed by atoms with Crippen LogP contribution in [0.15, 0.2) is 42.6 Å². The third-order valence-electron chi connectivity index (χ3n) is 3.88. The maximum Gasteiger partial charge on any atom is 0.292 e. The zero-order valence-corrected chi connectivity index (χ0v) is 13.2. The van der Waals surface area contributed by atoms with Crippen LogP contribution in [0.25, 0.3) is 5.57 Å². The number of nitrogens with zero attached hydrogens (tertiary/aromatic N) is 4. The summed E-state index contributed by atoms with van der Waals surface area (Å²) in [6.07, 6.45) is 3.80. The van der Waals surface area contributed by atoms with E-state index in [9.17, 15) is 14.9 Å². The molecule has 0 saturated carbocycles. The van der Waals surface area contributed by atoms with Gasteiger partial charge >= 0.3 is 0 Å². The van der Waals surface area contributed by atoms with E-state index in [1.807, 2.05) is 18.0 Å². The summed E-state index contributed by atoms with van der Waals surface area (Å²) in [7, 11) is 1.88. The molecule has 0 fully saturated rings. The Kier molecular flexibility index (Phi) is 4.39. The molecule has 0 aliphatic carbocycles. The number of nitro groups is 1. The van der Waals surface area contributed by atoms with Crippen molar-refractivity contribution in [1.82, 2.24) is 14.7 Å². The van der Waals surface area contributed by atoms with Gasteiger partial charge in [0, 0.05) is 32.4 Å². The van der Waals surface area contributed by atoms with E-state index in [-0.39, 0.29) is 23.8 Å². The van der Waals surface area contributed by atoms with E-state index < -0.39 is 4.92 Å². The summed E-state index contributed by atoms with van der Waals surface area (Å²) in [4.78, 5) is 24.6. The lowest BCUT2D eigenvalue weighted by atomic mass is 10.2. The van der Waals surface area contributed by atoms with Crippen LogP contribution in [-0.4, -0.2) is 45.1 Å². The third-order valence-corrected chi connectivity index (χ3v) is 3.88. The van der Waals surface area contributed by atoms with Crippen molar-refractivity contribution in [3.63, 3.8) is 0 Å². The van der Waals surface area contributed by atoms with Crippen molar-refractivity contribution in [1.29, 1.82) is 0 Å². The minimum Gasteiger partial charge on any atom is -0.319 e. The summed E-state index contributed by atoms with van der Waals surface area (Å²) >= 11 is 0. The predicted octanol–water partition coefficient (Wildman–Crippen LogP) is 1.67. The largest absolute Gasteiger partial charge is 0.319 e. The molecule has 1 amide bonds. The first kappa shape index (κ1) is 15.9. The van der Waals surface area contributed by atoms with Gasteiger partial charge in [-0.15, -0.1) is 0 Å². The molecular weight excluding hydrogens is 310 g/mol. The third kappa shape index (κ3) is 3.33. The maximum absolute atomic E-state index is 12.2. The summed E-state index contributed by atoms with van der Waals surface area (Å²) in [5.41, 5.74) is 2.25. The molecule has 1 aromatic heterocycles. The monoisotopic (exact) mass is 327 g/mol. The molecule has 24 heavy (non-hydrogen) atoms. The number of aromatic nitrogens is 2. The Morgan fingerprint density at radius 1 is 1.38 bits per heavy atom. The summed E-state index contributed by atoms with van der Waals surface area (Å²) in [5, 5.41) is 17.7. The highest BCUT2D eigenvalue weighted by atomic mass is 16.6. The van der Waals surface area contributed by atoms with Crippen molar-refractivity contribution in [3.05, 3.63) is 58.4 Å². The molecule has 0 radical (unpaired) electrons. The number of anilines is 1. The second-order valence-electron chi connectivity index (χ2n) is 5.56. The van der Waals surface area contributed by atoms with E-state index in [1.54, 1.807) is 23.0 Å². The Morgan fingerprint density at radius 3 is 2.88 bits per heavy atom. The van der Waals surface area contributed by atoms with E-state index >= 15 is 0 Å². The van der Waals surface area contributed by atoms with Crippen LogP contribution in [0, 0.1) is 10.1 Å². The lowest BCUT2D eigenvalue weighted by molar-refractivity contribution is -0.383. The number of benzene rings is 1. The van der Waals surface area contributed by atoms with Crippen molar-refractivity contribution in [3.8, 4) is 0 Å². The molecule has 3 rings (SSSR count). The van der Waals surface area contributed by atoms with E-state index in [4.69, 9.17) is 0 Å². The number of aryl methyl sites for hydroxylation is 1. The molecule has 2 heterocycles. The van der Waals surface area contributed by atoms with Crippen molar-refractivity contribution in [2.75, 3.05) is 25.0 Å². The van der Waals surface area contributed by atoms with Gasteiger partial charge in [-0.1, -0.05) is 18.2 Å². The Bertz CT molecular complexity index is 812. The van der Waals surface area contributed by atoms with E-state index in [0.717, 1.165) is 11.3 Å². The minimum absolute atomic E-state index is 0.110. The number of amides is 1. The second kappa shape index (κ2) is 6.63. The first-order chi connectivity index (χ1) is 11.5. The van der Waals surface area contributed by atoms with Crippen molar-refractivity contribution < 1.29 is 9.72 Å². The lowest BCUT2D eigenvalue weighted by Gasteiger charge is -2.15. The molecular formula is C16H17N5O3. The van der Waals surface area contributed by atoms with Gasteiger partial charge in [0.15, 0.2) is 0 Å². The van der Waals surface area contributed by atoms with Gasteiger partial charge < -0.3 is 5.32 Å². The topological polar surface area (TPSA) is 93.3 Å². The molecule has 2 aromatic rings. The molecule has 8 nitrogen and oxygen atoms in total. The van der Waals surface area contributed by atoms with Crippen LogP contribution in [0.2, 0.25) is 0 Å². The van der Waals surface area contributed by atoms with Crippen LogP contribution in [0.4, 0.5) is 11.4 Å². The van der Waals surface area contributed by atoms with Crippen LogP contribution < -0.4 is 5.32 Å². The smallest absolute Gasteiger partial charge is 0.292 e. The zero-order valence-electron chi connectivity index (χ0n) is 13.2. The van der Waals surface area contributed by atoms with Crippen molar-refractivity contribution in [2.24, 2.45) is 7.05 Å². The average molecular weight is 327 g/mol. The summed E-state index contributed by atoms with van der Waals surface area (Å²) in [6, 6.07) is 8.05. The molecule has 0 atom stereocenters. The van der Waals surface area contributed by atoms with Crippen LogP contribution >= 0.6 is 0 Å². The highest BCUT2D eigenvalue weighted by Gasteiger charge is 2.21. The maximum atomic E-state index is 12.2. The number of rotatable bonds is 5. The quantitative estimate of drug-likeness (QED) is 0.666. The van der Waals surface area contributed by atoms with Gasteiger partial charge in [-0.05, 0) is 17.7 Å². The predicted molar refractivity (Wildman–Crippen MR) is 89.4 cm³/mol. The van der Waals surface area contributed by atoms with Crippen molar-refractivity contribution >= 4 is 22.9 Å². The van der Waals surface area contributed by atoms with Gasteiger partial charge in [0.2, 0.25) is 5.91 Å². The Hall–Kier alpha value is -3.00. The van der Waals surface area contributed by atoms with E-state index in [0.29, 0.717) is 13.1 Å². The van der Waals surface area contributed by atoms with Gasteiger partial charge in [-0.2, -0.15) is 5.10 Å². The fourth-order valence-electron chi connectivity index (χ4n) is 2.74. The summed E-state index contributed by atoms with van der Waals surface area (Å²) < 4.78 is 1.79. The lowest BCUT2D eigenvalue weighted by Crippen LogP contribution is -2.32. The molecule has 124 valence electrons. The van der Waals surface area contributed by atoms with Gasteiger partial charge in [0.05, 0.1) is 17.2 Å². The number of carbonyl (C=O) groups excluding carboxylic acids is 1. The fraction of sp³-hybridized carbons (Fsp3) is 0.250. The van der Waals surface area contributed by atoms with Crippen LogP contribution in [-0.2, 0) is 11.8 Å². The minimum atomic E-state index is -0.506. The SMILES string of the molecule is Cn1nccc1C1=CCN(CC(=O)Nc2ccccc2[N+](=O)[O-])C1. The molecule has 1 N–H and O–H groups in total. The Labute approximate surface area is 138 Å². The van der Waals surface area contributed by atoms with Gasteiger partial charge in [0.25, 0.3) is 5.69 Å². The van der Waals surface area contributed by atoms with Gasteiger partial charge in [-0.25, -0.2) is 0 Å². The average Bonchev–Trinajstić information content (AvgIpc) is 3.16. The van der Waals surface area contributed by atoms with Crippen LogP contribution in [0.3, 0.4) is 0 Å². The highest BCUT2D eigenvalue weighted by Crippen LogP contribution is 2.24. The van der Waals surface area contributed by atoms with Crippen molar-refractivity contribution in [2.45, 2.75) is 0 Å². The Morgan fingerprint density at radius 2 is 2.17 bits per heavy atom. The van der Waals surface area contributed by atoms with Crippen LogP contribution in [0.5, 0.6) is 0 Å². The number of hydrogen-bond acceptors (Lipinski definition) is 5. The molecule has 1 aliphatic heterocycles. The number of nitrogens with one attached hydrogen (secondary N) is 1. The molecule has 0 saturated heterocycles. The molecule has 1 aromatic carbocycles. The standard InChI is InChI=1S/C16H17N5O3/c1-19-14(6-8-17-19)12-7-9-20(10-12)11-16(22)18-13-4-2-3-5-15(13)21(23)24/h2-8H,9-11H2,1H3,(H,18,22). The molecule has 8 heteroatoms. The first-order valence-electron chi connectivity index (χ1n) is 7.47. The van der Waals surface area contributed by atoms with Gasteiger partial charge in [-0.3, -0.25) is 24.5 Å². The van der Waals surface area contributed by atoms with E-state index in [2.05, 4.69) is 16.5 Å². The molecule has 1 aliphatic rings. The van der Waals surface area contributed by atoms with Gasteiger partial charge in [0.1, 0.15) is 5.69 Å². The number of nitro benzene ring substituents is 1. The highest BCUT2D eigenvalue weighted by molar-refractivity contribution is 5.94. The second-order valence-corrected chi connectivity index (χ2v) is 5.56. The Balaban J connectivity index is 1.60. The number of para-hydroxylation sites is 2. The first-order valence-corrected chi connectivity index (χ1v) is 7.47. The molecule has 0 spiro atoms. The van der Waals surface area contributed by atoms with Crippen LogP contribution in [0.1, 0.15) is 5.69 Å². The summed E-state index contributed by atoms with van der Waals surface area (Å²) in [5.74, 6) is -0.274. The molecule has 0 unspecified atom stereocenters.